The first-order valence-corrected chi connectivity index (χ1v) is 7.15. The topological polar surface area (TPSA) is 109 Å². The van der Waals surface area contributed by atoms with Crippen LogP contribution in [0.25, 0.3) is 0 Å². The van der Waals surface area contributed by atoms with Crippen LogP contribution in [-0.4, -0.2) is 52.9 Å². The Morgan fingerprint density at radius 2 is 2.38 bits per heavy atom. The monoisotopic (exact) mass is 294 g/mol. The van der Waals surface area contributed by atoms with Crippen molar-refractivity contribution in [3.05, 3.63) is 18.0 Å². The van der Waals surface area contributed by atoms with E-state index in [9.17, 15) is 4.79 Å². The first-order chi connectivity index (χ1) is 10.2. The van der Waals surface area contributed by atoms with Gasteiger partial charge in [0.25, 0.3) is 0 Å². The van der Waals surface area contributed by atoms with E-state index in [0.29, 0.717) is 32.2 Å². The molecule has 2 rings (SSSR count). The fourth-order valence-electron chi connectivity index (χ4n) is 2.22. The molecule has 1 saturated heterocycles. The Morgan fingerprint density at radius 1 is 1.62 bits per heavy atom. The lowest BCUT2D eigenvalue weighted by atomic mass is 10.1. The van der Waals surface area contributed by atoms with E-state index >= 15 is 0 Å². The molecule has 8 heteroatoms. The van der Waals surface area contributed by atoms with Gasteiger partial charge in [-0.05, 0) is 25.8 Å². The summed E-state index contributed by atoms with van der Waals surface area (Å²) in [6.07, 6.45) is 3.11. The quantitative estimate of drug-likeness (QED) is 0.551. The third-order valence-electron chi connectivity index (χ3n) is 3.35. The van der Waals surface area contributed by atoms with Crippen LogP contribution < -0.4 is 11.1 Å². The highest BCUT2D eigenvalue weighted by molar-refractivity contribution is 5.78. The number of nitrogens with one attached hydrogen (secondary N) is 2. The molecular weight excluding hydrogens is 272 g/mol. The fraction of sp³-hybridized carbons (Fsp3) is 0.615. The average molecular weight is 294 g/mol. The summed E-state index contributed by atoms with van der Waals surface area (Å²) in [6.45, 7) is 4.03. The van der Waals surface area contributed by atoms with Crippen LogP contribution in [0.2, 0.25) is 0 Å². The predicted molar refractivity (Wildman–Crippen MR) is 78.7 cm³/mol. The normalized spacial score (nSPS) is 16.8. The third-order valence-corrected chi connectivity index (χ3v) is 3.35. The number of hydrogen-bond donors (Lipinski definition) is 3. The minimum absolute atomic E-state index is 0.237. The van der Waals surface area contributed by atoms with E-state index in [-0.39, 0.29) is 12.1 Å². The van der Waals surface area contributed by atoms with Crippen LogP contribution in [0.5, 0.6) is 0 Å². The molecule has 116 valence electrons. The minimum Gasteiger partial charge on any atom is -0.450 e. The molecule has 0 saturated carbocycles. The number of ether oxygens (including phenoxy) is 1. The van der Waals surface area contributed by atoms with Gasteiger partial charge in [-0.1, -0.05) is 0 Å². The highest BCUT2D eigenvalue weighted by Crippen LogP contribution is 2.11. The SMILES string of the molecule is CCOC(=O)N1CCC(NC(N)=NCc2ccn[nH]2)CC1. The second kappa shape index (κ2) is 7.51. The van der Waals surface area contributed by atoms with E-state index in [4.69, 9.17) is 10.5 Å². The van der Waals surface area contributed by atoms with Crippen molar-refractivity contribution in [3.63, 3.8) is 0 Å². The minimum atomic E-state index is -0.239. The van der Waals surface area contributed by atoms with Gasteiger partial charge in [0.05, 0.1) is 18.8 Å². The van der Waals surface area contributed by atoms with Crippen molar-refractivity contribution in [2.75, 3.05) is 19.7 Å². The summed E-state index contributed by atoms with van der Waals surface area (Å²) in [5.41, 5.74) is 6.78. The van der Waals surface area contributed by atoms with Gasteiger partial charge in [-0.25, -0.2) is 9.79 Å². The lowest BCUT2D eigenvalue weighted by Gasteiger charge is -2.31. The van der Waals surface area contributed by atoms with Crippen LogP contribution in [0.1, 0.15) is 25.5 Å². The largest absolute Gasteiger partial charge is 0.450 e. The number of aromatic nitrogens is 2. The summed E-state index contributed by atoms with van der Waals surface area (Å²) in [7, 11) is 0. The molecule has 0 spiro atoms. The highest BCUT2D eigenvalue weighted by atomic mass is 16.6. The number of H-pyrrole nitrogens is 1. The van der Waals surface area contributed by atoms with Crippen LogP contribution in [-0.2, 0) is 11.3 Å². The molecule has 0 bridgehead atoms. The number of carbonyl (C=O) groups is 1. The lowest BCUT2D eigenvalue weighted by molar-refractivity contribution is 0.0963. The van der Waals surface area contributed by atoms with Crippen LogP contribution >= 0.6 is 0 Å². The van der Waals surface area contributed by atoms with Crippen molar-refractivity contribution in [2.45, 2.75) is 32.4 Å². The maximum atomic E-state index is 11.6. The second-order valence-corrected chi connectivity index (χ2v) is 4.89. The van der Waals surface area contributed by atoms with E-state index in [1.165, 1.54) is 0 Å². The number of likely N-dealkylation sites (tertiary alicyclic amines) is 1. The zero-order valence-electron chi connectivity index (χ0n) is 12.2. The van der Waals surface area contributed by atoms with Crippen molar-refractivity contribution in [1.82, 2.24) is 20.4 Å². The van der Waals surface area contributed by atoms with E-state index in [1.807, 2.05) is 13.0 Å². The molecule has 1 aliphatic heterocycles. The van der Waals surface area contributed by atoms with Gasteiger partial charge >= 0.3 is 6.09 Å². The maximum Gasteiger partial charge on any atom is 0.409 e. The molecule has 0 radical (unpaired) electrons. The molecule has 1 fully saturated rings. The molecule has 4 N–H and O–H groups in total. The third kappa shape index (κ3) is 4.66. The number of nitrogens with zero attached hydrogens (tertiary/aromatic N) is 3. The predicted octanol–water partition coefficient (Wildman–Crippen LogP) is 0.435. The average Bonchev–Trinajstić information content (AvgIpc) is 2.99. The molecule has 21 heavy (non-hydrogen) atoms. The Bertz CT molecular complexity index is 465. The summed E-state index contributed by atoms with van der Waals surface area (Å²) in [5.74, 6) is 0.416. The number of aromatic amines is 1. The summed E-state index contributed by atoms with van der Waals surface area (Å²) >= 11 is 0. The number of aliphatic imine (C=N–C) groups is 1. The van der Waals surface area contributed by atoms with Gasteiger partial charge in [0.15, 0.2) is 5.96 Å². The van der Waals surface area contributed by atoms with Gasteiger partial charge in [0, 0.05) is 25.3 Å². The Labute approximate surface area is 123 Å². The fourth-order valence-corrected chi connectivity index (χ4v) is 2.22. The van der Waals surface area contributed by atoms with E-state index < -0.39 is 0 Å². The maximum absolute atomic E-state index is 11.6. The van der Waals surface area contributed by atoms with Gasteiger partial charge in [-0.15, -0.1) is 0 Å². The van der Waals surface area contributed by atoms with Crippen molar-refractivity contribution >= 4 is 12.1 Å². The number of hydrogen-bond acceptors (Lipinski definition) is 4. The highest BCUT2D eigenvalue weighted by Gasteiger charge is 2.23. The molecule has 8 nitrogen and oxygen atoms in total. The zero-order valence-corrected chi connectivity index (χ0v) is 12.2. The number of rotatable bonds is 4. The molecule has 1 amide bonds. The van der Waals surface area contributed by atoms with Crippen molar-refractivity contribution in [1.29, 1.82) is 0 Å². The Kier molecular flexibility index (Phi) is 5.42. The molecule has 1 aromatic rings. The van der Waals surface area contributed by atoms with Crippen LogP contribution in [0.15, 0.2) is 17.3 Å². The number of piperidine rings is 1. The summed E-state index contributed by atoms with van der Waals surface area (Å²) < 4.78 is 4.99. The van der Waals surface area contributed by atoms with E-state index in [0.717, 1.165) is 18.5 Å². The van der Waals surface area contributed by atoms with Crippen LogP contribution in [0, 0.1) is 0 Å². The molecule has 0 unspecified atom stereocenters. The van der Waals surface area contributed by atoms with Crippen LogP contribution in [0.4, 0.5) is 4.79 Å². The number of carbonyl (C=O) groups excluding carboxylic acids is 1. The molecule has 0 aromatic carbocycles. The van der Waals surface area contributed by atoms with Gasteiger partial charge < -0.3 is 20.7 Å². The molecule has 0 aliphatic carbocycles. The first kappa shape index (κ1) is 15.1. The summed E-state index contributed by atoms with van der Waals surface area (Å²) in [6, 6.07) is 2.09. The van der Waals surface area contributed by atoms with Gasteiger partial charge in [-0.2, -0.15) is 5.10 Å². The Balaban J connectivity index is 1.72. The molecule has 2 heterocycles. The number of guanidine groups is 1. The molecular formula is C13H22N6O2. The van der Waals surface area contributed by atoms with Crippen LogP contribution in [0.3, 0.4) is 0 Å². The van der Waals surface area contributed by atoms with Gasteiger partial charge in [-0.3, -0.25) is 5.10 Å². The van der Waals surface area contributed by atoms with Gasteiger partial charge in [0.2, 0.25) is 0 Å². The molecule has 1 aliphatic rings. The van der Waals surface area contributed by atoms with Gasteiger partial charge in [0.1, 0.15) is 0 Å². The molecule has 1 aromatic heterocycles. The summed E-state index contributed by atoms with van der Waals surface area (Å²) in [5, 5.41) is 9.87. The number of nitrogens with two attached hydrogens (primary N) is 1. The standard InChI is InChI=1S/C13H22N6O2/c1-2-21-13(20)19-7-4-10(5-8-19)17-12(14)15-9-11-3-6-16-18-11/h3,6,10H,2,4-5,7-9H2,1H3,(H,16,18)(H3,14,15,17). The Hall–Kier alpha value is -2.25. The first-order valence-electron chi connectivity index (χ1n) is 7.15. The Morgan fingerprint density at radius 3 is 3.00 bits per heavy atom. The zero-order chi connectivity index (χ0) is 15.1. The lowest BCUT2D eigenvalue weighted by Crippen LogP contribution is -2.48. The van der Waals surface area contributed by atoms with E-state index in [2.05, 4.69) is 20.5 Å². The van der Waals surface area contributed by atoms with Crippen molar-refractivity contribution in [2.24, 2.45) is 10.7 Å². The van der Waals surface area contributed by atoms with E-state index in [1.54, 1.807) is 11.1 Å². The van der Waals surface area contributed by atoms with Crippen molar-refractivity contribution < 1.29 is 9.53 Å². The summed E-state index contributed by atoms with van der Waals surface area (Å²) in [4.78, 5) is 17.6. The smallest absolute Gasteiger partial charge is 0.409 e. The number of amides is 1. The molecule has 0 atom stereocenters. The second-order valence-electron chi connectivity index (χ2n) is 4.89. The van der Waals surface area contributed by atoms with Crippen molar-refractivity contribution in [3.8, 4) is 0 Å².